The molecule has 0 heterocycles. The lowest BCUT2D eigenvalue weighted by Gasteiger charge is -2.26. The molecule has 0 aliphatic heterocycles. The Labute approximate surface area is 151 Å². The van der Waals surface area contributed by atoms with Crippen molar-refractivity contribution in [2.45, 2.75) is 51.0 Å². The summed E-state index contributed by atoms with van der Waals surface area (Å²) in [6, 6.07) is 20.8. The van der Waals surface area contributed by atoms with E-state index in [0.717, 1.165) is 32.2 Å². The second-order valence-electron chi connectivity index (χ2n) is 6.61. The van der Waals surface area contributed by atoms with E-state index in [1.807, 2.05) is 12.1 Å². The lowest BCUT2D eigenvalue weighted by atomic mass is 9.85. The lowest BCUT2D eigenvalue weighted by Crippen LogP contribution is -2.37. The van der Waals surface area contributed by atoms with Crippen LogP contribution < -0.4 is 11.1 Å². The minimum absolute atomic E-state index is 0.0429. The molecule has 0 radical (unpaired) electrons. The molecule has 25 heavy (non-hydrogen) atoms. The van der Waals surface area contributed by atoms with E-state index in [4.69, 9.17) is 5.73 Å². The van der Waals surface area contributed by atoms with Crippen molar-refractivity contribution in [1.82, 2.24) is 5.32 Å². The smallest absolute Gasteiger partial charge is 0.220 e. The van der Waals surface area contributed by atoms with Crippen molar-refractivity contribution in [1.29, 1.82) is 0 Å². The first kappa shape index (κ1) is 19.2. The SMILES string of the molecule is CC(NC(=O)CCCCCCN)C(c1ccccc1)c1ccccc1. The van der Waals surface area contributed by atoms with Crippen molar-refractivity contribution in [3.8, 4) is 0 Å². The van der Waals surface area contributed by atoms with Gasteiger partial charge in [0.2, 0.25) is 5.91 Å². The number of rotatable bonds is 10. The number of benzene rings is 2. The Balaban J connectivity index is 1.99. The molecule has 1 unspecified atom stereocenters. The van der Waals surface area contributed by atoms with Gasteiger partial charge < -0.3 is 11.1 Å². The molecule has 3 heteroatoms. The van der Waals surface area contributed by atoms with Gasteiger partial charge in [-0.2, -0.15) is 0 Å². The van der Waals surface area contributed by atoms with Gasteiger partial charge in [-0.3, -0.25) is 4.79 Å². The van der Waals surface area contributed by atoms with Crippen molar-refractivity contribution in [3.05, 3.63) is 71.8 Å². The lowest BCUT2D eigenvalue weighted by molar-refractivity contribution is -0.121. The van der Waals surface area contributed by atoms with Crippen LogP contribution in [0, 0.1) is 0 Å². The molecule has 0 spiro atoms. The van der Waals surface area contributed by atoms with Crippen molar-refractivity contribution >= 4 is 5.91 Å². The predicted octanol–water partition coefficient (Wildman–Crippen LogP) is 4.23. The molecule has 2 aromatic rings. The maximum atomic E-state index is 12.3. The first-order valence-electron chi connectivity index (χ1n) is 9.31. The fraction of sp³-hybridized carbons (Fsp3) is 0.409. The minimum Gasteiger partial charge on any atom is -0.353 e. The maximum absolute atomic E-state index is 12.3. The molecule has 3 nitrogen and oxygen atoms in total. The zero-order chi connectivity index (χ0) is 17.9. The van der Waals surface area contributed by atoms with E-state index < -0.39 is 0 Å². The largest absolute Gasteiger partial charge is 0.353 e. The summed E-state index contributed by atoms with van der Waals surface area (Å²) < 4.78 is 0. The summed E-state index contributed by atoms with van der Waals surface area (Å²) in [6.45, 7) is 2.83. The third-order valence-electron chi connectivity index (χ3n) is 4.56. The normalized spacial score (nSPS) is 12.1. The Morgan fingerprint density at radius 3 is 1.92 bits per heavy atom. The van der Waals surface area contributed by atoms with E-state index in [-0.39, 0.29) is 17.9 Å². The number of nitrogens with one attached hydrogen (secondary N) is 1. The Hall–Kier alpha value is -2.13. The van der Waals surface area contributed by atoms with Gasteiger partial charge in [0.05, 0.1) is 0 Å². The van der Waals surface area contributed by atoms with E-state index in [9.17, 15) is 4.79 Å². The average Bonchev–Trinajstić information content (AvgIpc) is 2.63. The summed E-state index contributed by atoms with van der Waals surface area (Å²) in [5, 5.41) is 3.20. The number of hydrogen-bond acceptors (Lipinski definition) is 2. The molecule has 0 saturated carbocycles. The van der Waals surface area contributed by atoms with Crippen LogP contribution in [-0.4, -0.2) is 18.5 Å². The summed E-state index contributed by atoms with van der Waals surface area (Å²) in [5.74, 6) is 0.292. The first-order valence-corrected chi connectivity index (χ1v) is 9.31. The molecule has 1 amide bonds. The van der Waals surface area contributed by atoms with Gasteiger partial charge in [0.15, 0.2) is 0 Å². The van der Waals surface area contributed by atoms with Gasteiger partial charge in [-0.25, -0.2) is 0 Å². The molecule has 2 rings (SSSR count). The quantitative estimate of drug-likeness (QED) is 0.637. The summed E-state index contributed by atoms with van der Waals surface area (Å²) in [4.78, 5) is 12.3. The number of amides is 1. The van der Waals surface area contributed by atoms with E-state index >= 15 is 0 Å². The molecular formula is C22H30N2O. The zero-order valence-corrected chi connectivity index (χ0v) is 15.2. The predicted molar refractivity (Wildman–Crippen MR) is 104 cm³/mol. The van der Waals surface area contributed by atoms with Gasteiger partial charge in [-0.15, -0.1) is 0 Å². The zero-order valence-electron chi connectivity index (χ0n) is 15.2. The summed E-state index contributed by atoms with van der Waals surface area (Å²) >= 11 is 0. The van der Waals surface area contributed by atoms with Crippen LogP contribution in [0.5, 0.6) is 0 Å². The first-order chi connectivity index (χ1) is 12.2. The fourth-order valence-electron chi connectivity index (χ4n) is 3.28. The highest BCUT2D eigenvalue weighted by atomic mass is 16.1. The van der Waals surface area contributed by atoms with Crippen molar-refractivity contribution < 1.29 is 4.79 Å². The number of carbonyl (C=O) groups is 1. The Bertz CT molecular complexity index is 573. The van der Waals surface area contributed by atoms with E-state index in [1.165, 1.54) is 11.1 Å². The average molecular weight is 338 g/mol. The molecule has 3 N–H and O–H groups in total. The van der Waals surface area contributed by atoms with Crippen LogP contribution in [0.4, 0.5) is 0 Å². The third kappa shape index (κ3) is 6.35. The second kappa shape index (κ2) is 10.7. The molecule has 0 aliphatic carbocycles. The fourth-order valence-corrected chi connectivity index (χ4v) is 3.28. The standard InChI is InChI=1S/C22H30N2O/c1-18(24-21(25)16-10-2-3-11-17-23)22(19-12-6-4-7-13-19)20-14-8-5-9-15-20/h4-9,12-15,18,22H,2-3,10-11,16-17,23H2,1H3,(H,24,25). The number of carbonyl (C=O) groups excluding carboxylic acids is 1. The van der Waals surface area contributed by atoms with Gasteiger partial charge >= 0.3 is 0 Å². The van der Waals surface area contributed by atoms with Crippen LogP contribution in [0.3, 0.4) is 0 Å². The number of unbranched alkanes of at least 4 members (excludes halogenated alkanes) is 3. The van der Waals surface area contributed by atoms with Crippen LogP contribution in [0.25, 0.3) is 0 Å². The van der Waals surface area contributed by atoms with Crippen LogP contribution >= 0.6 is 0 Å². The van der Waals surface area contributed by atoms with Crippen LogP contribution in [0.1, 0.15) is 56.1 Å². The van der Waals surface area contributed by atoms with Gasteiger partial charge in [-0.1, -0.05) is 73.5 Å². The van der Waals surface area contributed by atoms with E-state index in [2.05, 4.69) is 60.8 Å². The van der Waals surface area contributed by atoms with Crippen molar-refractivity contribution in [2.75, 3.05) is 6.54 Å². The summed E-state index contributed by atoms with van der Waals surface area (Å²) in [7, 11) is 0. The Kier molecular flexibility index (Phi) is 8.20. The van der Waals surface area contributed by atoms with Gasteiger partial charge in [0.25, 0.3) is 0 Å². The second-order valence-corrected chi connectivity index (χ2v) is 6.61. The van der Waals surface area contributed by atoms with Gasteiger partial charge in [0, 0.05) is 18.4 Å². The Morgan fingerprint density at radius 2 is 1.40 bits per heavy atom. The molecule has 0 fully saturated rings. The highest BCUT2D eigenvalue weighted by molar-refractivity contribution is 5.76. The monoisotopic (exact) mass is 338 g/mol. The number of hydrogen-bond donors (Lipinski definition) is 2. The molecular weight excluding hydrogens is 308 g/mol. The molecule has 0 bridgehead atoms. The van der Waals surface area contributed by atoms with Crippen LogP contribution in [0.2, 0.25) is 0 Å². The van der Waals surface area contributed by atoms with E-state index in [0.29, 0.717) is 6.42 Å². The van der Waals surface area contributed by atoms with Crippen molar-refractivity contribution in [3.63, 3.8) is 0 Å². The molecule has 1 atom stereocenters. The molecule has 0 aromatic heterocycles. The number of nitrogens with two attached hydrogens (primary N) is 1. The topological polar surface area (TPSA) is 55.1 Å². The van der Waals surface area contributed by atoms with Gasteiger partial charge in [-0.05, 0) is 37.4 Å². The van der Waals surface area contributed by atoms with Crippen molar-refractivity contribution in [2.24, 2.45) is 5.73 Å². The minimum atomic E-state index is 0.0429. The maximum Gasteiger partial charge on any atom is 0.220 e. The molecule has 2 aromatic carbocycles. The van der Waals surface area contributed by atoms with Gasteiger partial charge in [0.1, 0.15) is 0 Å². The van der Waals surface area contributed by atoms with Crippen LogP contribution in [0.15, 0.2) is 60.7 Å². The third-order valence-corrected chi connectivity index (χ3v) is 4.56. The highest BCUT2D eigenvalue weighted by Crippen LogP contribution is 2.28. The van der Waals surface area contributed by atoms with Crippen LogP contribution in [-0.2, 0) is 4.79 Å². The molecule has 0 saturated heterocycles. The summed E-state index contributed by atoms with van der Waals surface area (Å²) in [5.41, 5.74) is 7.95. The Morgan fingerprint density at radius 1 is 0.880 bits per heavy atom. The molecule has 134 valence electrons. The molecule has 0 aliphatic rings. The van der Waals surface area contributed by atoms with E-state index in [1.54, 1.807) is 0 Å². The highest BCUT2D eigenvalue weighted by Gasteiger charge is 2.22. The summed E-state index contributed by atoms with van der Waals surface area (Å²) in [6.07, 6.45) is 4.74.